The van der Waals surface area contributed by atoms with E-state index in [1.807, 2.05) is 18.2 Å². The molecule has 14 heavy (non-hydrogen) atoms. The Kier molecular flexibility index (Phi) is 3.67. The van der Waals surface area contributed by atoms with Gasteiger partial charge in [0.1, 0.15) is 12.3 Å². The molecule has 0 unspecified atom stereocenters. The molecule has 0 radical (unpaired) electrons. The molecule has 0 heterocycles. The zero-order chi connectivity index (χ0) is 10.4. The third-order valence-electron chi connectivity index (χ3n) is 1.64. The van der Waals surface area contributed by atoms with E-state index in [2.05, 4.69) is 5.16 Å². The van der Waals surface area contributed by atoms with Gasteiger partial charge in [-0.05, 0) is 0 Å². The molecule has 0 spiro atoms. The Labute approximate surface area is 81.8 Å². The van der Waals surface area contributed by atoms with Crippen molar-refractivity contribution in [2.75, 3.05) is 6.61 Å². The van der Waals surface area contributed by atoms with E-state index in [1.165, 1.54) is 6.92 Å². The van der Waals surface area contributed by atoms with Gasteiger partial charge >= 0.3 is 5.97 Å². The summed E-state index contributed by atoms with van der Waals surface area (Å²) in [5.41, 5.74) is 1.07. The number of carbonyl (C=O) groups excluding carboxylic acids is 1. The molecule has 4 nitrogen and oxygen atoms in total. The summed E-state index contributed by atoms with van der Waals surface area (Å²) in [4.78, 5) is 10.5. The van der Waals surface area contributed by atoms with Crippen LogP contribution in [-0.2, 0) is 9.53 Å². The Morgan fingerprint density at radius 1 is 1.43 bits per heavy atom. The number of hydrogen-bond acceptors (Lipinski definition) is 4. The second-order valence-electron chi connectivity index (χ2n) is 2.69. The van der Waals surface area contributed by atoms with Gasteiger partial charge in [0.25, 0.3) is 0 Å². The van der Waals surface area contributed by atoms with Gasteiger partial charge in [0.05, 0.1) is 0 Å². The minimum atomic E-state index is -0.401. The summed E-state index contributed by atoms with van der Waals surface area (Å²) in [5.74, 6) is -0.401. The lowest BCUT2D eigenvalue weighted by atomic mass is 10.1. The maximum Gasteiger partial charge on any atom is 0.303 e. The molecule has 1 aromatic rings. The lowest BCUT2D eigenvalue weighted by Crippen LogP contribution is -2.13. The Morgan fingerprint density at radius 2 is 2.07 bits per heavy atom. The van der Waals surface area contributed by atoms with Crippen LogP contribution in [0.5, 0.6) is 0 Å². The minimum absolute atomic E-state index is 0.0180. The topological polar surface area (TPSA) is 58.9 Å². The summed E-state index contributed by atoms with van der Waals surface area (Å²) >= 11 is 0. The van der Waals surface area contributed by atoms with Crippen LogP contribution in [0.1, 0.15) is 12.5 Å². The average Bonchev–Trinajstić information content (AvgIpc) is 2.20. The number of benzene rings is 1. The highest BCUT2D eigenvalue weighted by Gasteiger charge is 2.05. The van der Waals surface area contributed by atoms with Crippen LogP contribution >= 0.6 is 0 Å². The Balaban J connectivity index is 2.69. The second kappa shape index (κ2) is 5.01. The number of ether oxygens (including phenoxy) is 1. The number of nitrogens with zero attached hydrogens (tertiary/aromatic N) is 1. The maximum atomic E-state index is 10.5. The van der Waals surface area contributed by atoms with Crippen LogP contribution in [0, 0.1) is 0 Å². The van der Waals surface area contributed by atoms with Gasteiger partial charge in [-0.25, -0.2) is 0 Å². The van der Waals surface area contributed by atoms with Crippen LogP contribution < -0.4 is 0 Å². The van der Waals surface area contributed by atoms with Crippen molar-refractivity contribution in [3.05, 3.63) is 35.9 Å². The van der Waals surface area contributed by atoms with Crippen molar-refractivity contribution in [2.45, 2.75) is 6.92 Å². The highest BCUT2D eigenvalue weighted by molar-refractivity contribution is 6.01. The molecule has 0 aromatic heterocycles. The van der Waals surface area contributed by atoms with E-state index in [9.17, 15) is 4.79 Å². The molecule has 0 saturated carbocycles. The largest absolute Gasteiger partial charge is 0.459 e. The lowest BCUT2D eigenvalue weighted by molar-refractivity contribution is -0.139. The van der Waals surface area contributed by atoms with Gasteiger partial charge in [-0.2, -0.15) is 0 Å². The summed E-state index contributed by atoms with van der Waals surface area (Å²) < 4.78 is 4.72. The monoisotopic (exact) mass is 193 g/mol. The van der Waals surface area contributed by atoms with Crippen molar-refractivity contribution < 1.29 is 14.7 Å². The molecule has 4 heteroatoms. The molecule has 0 bridgehead atoms. The van der Waals surface area contributed by atoms with Crippen molar-refractivity contribution >= 4 is 11.7 Å². The fraction of sp³-hybridized carbons (Fsp3) is 0.200. The van der Waals surface area contributed by atoms with Crippen LogP contribution in [0.2, 0.25) is 0 Å². The third kappa shape index (κ3) is 2.90. The number of rotatable bonds is 3. The number of hydrogen-bond donors (Lipinski definition) is 1. The smallest absolute Gasteiger partial charge is 0.303 e. The van der Waals surface area contributed by atoms with Crippen molar-refractivity contribution in [3.8, 4) is 0 Å². The molecule has 1 rings (SSSR count). The Bertz CT molecular complexity index is 332. The second-order valence-corrected chi connectivity index (χ2v) is 2.69. The van der Waals surface area contributed by atoms with Gasteiger partial charge in [0.15, 0.2) is 0 Å². The number of esters is 1. The summed E-state index contributed by atoms with van der Waals surface area (Å²) in [5, 5.41) is 11.8. The number of carbonyl (C=O) groups is 1. The van der Waals surface area contributed by atoms with E-state index >= 15 is 0 Å². The minimum Gasteiger partial charge on any atom is -0.459 e. The first-order valence-corrected chi connectivity index (χ1v) is 4.13. The van der Waals surface area contributed by atoms with E-state index < -0.39 is 5.97 Å². The molecule has 0 amide bonds. The summed E-state index contributed by atoms with van der Waals surface area (Å²) in [6.07, 6.45) is 0. The van der Waals surface area contributed by atoms with Crippen LogP contribution in [-0.4, -0.2) is 23.5 Å². The van der Waals surface area contributed by atoms with Gasteiger partial charge in [-0.1, -0.05) is 35.5 Å². The van der Waals surface area contributed by atoms with Crippen molar-refractivity contribution in [3.63, 3.8) is 0 Å². The first-order valence-electron chi connectivity index (χ1n) is 4.13. The predicted molar refractivity (Wildman–Crippen MR) is 51.4 cm³/mol. The molecule has 0 aliphatic rings. The van der Waals surface area contributed by atoms with E-state index in [-0.39, 0.29) is 6.61 Å². The molecule has 1 N–H and O–H groups in total. The zero-order valence-electron chi connectivity index (χ0n) is 7.80. The first-order chi connectivity index (χ1) is 6.74. The van der Waals surface area contributed by atoms with Gasteiger partial charge < -0.3 is 9.94 Å². The predicted octanol–water partition coefficient (Wildman–Crippen LogP) is 1.43. The van der Waals surface area contributed by atoms with Crippen molar-refractivity contribution in [1.82, 2.24) is 0 Å². The van der Waals surface area contributed by atoms with Crippen LogP contribution in [0.15, 0.2) is 35.5 Å². The van der Waals surface area contributed by atoms with Crippen LogP contribution in [0.25, 0.3) is 0 Å². The van der Waals surface area contributed by atoms with Crippen molar-refractivity contribution in [1.29, 1.82) is 0 Å². The maximum absolute atomic E-state index is 10.5. The first kappa shape index (κ1) is 10.2. The number of oxime groups is 1. The van der Waals surface area contributed by atoms with E-state index in [4.69, 9.17) is 9.94 Å². The van der Waals surface area contributed by atoms with Crippen LogP contribution in [0.4, 0.5) is 0 Å². The lowest BCUT2D eigenvalue weighted by Gasteiger charge is -2.03. The van der Waals surface area contributed by atoms with Gasteiger partial charge in [-0.15, -0.1) is 0 Å². The highest BCUT2D eigenvalue weighted by Crippen LogP contribution is 2.01. The molecule has 0 atom stereocenters. The Morgan fingerprint density at radius 3 is 2.57 bits per heavy atom. The standard InChI is InChI=1S/C10H11NO3/c1-8(12)14-7-10(11-13)9-5-3-2-4-6-9/h2-6,13H,7H2,1H3/b11-10-. The Hall–Kier alpha value is -1.84. The van der Waals surface area contributed by atoms with Gasteiger partial charge in [-0.3, -0.25) is 4.79 Å². The molecular formula is C10H11NO3. The fourth-order valence-corrected chi connectivity index (χ4v) is 0.970. The normalized spacial score (nSPS) is 11.1. The summed E-state index contributed by atoms with van der Waals surface area (Å²) in [6, 6.07) is 9.03. The summed E-state index contributed by atoms with van der Waals surface area (Å²) in [7, 11) is 0. The van der Waals surface area contributed by atoms with Crippen molar-refractivity contribution in [2.24, 2.45) is 5.16 Å². The summed E-state index contributed by atoms with van der Waals surface area (Å²) in [6.45, 7) is 1.29. The molecule has 0 saturated heterocycles. The molecule has 74 valence electrons. The van der Waals surface area contributed by atoms with E-state index in [0.717, 1.165) is 5.56 Å². The highest BCUT2D eigenvalue weighted by atomic mass is 16.5. The molecule has 1 aromatic carbocycles. The van der Waals surface area contributed by atoms with E-state index in [0.29, 0.717) is 5.71 Å². The average molecular weight is 193 g/mol. The molecule has 0 aliphatic heterocycles. The fourth-order valence-electron chi connectivity index (χ4n) is 0.970. The molecular weight excluding hydrogens is 182 g/mol. The van der Waals surface area contributed by atoms with Gasteiger partial charge in [0, 0.05) is 12.5 Å². The van der Waals surface area contributed by atoms with Gasteiger partial charge in [0.2, 0.25) is 0 Å². The quantitative estimate of drug-likeness (QED) is 0.342. The SMILES string of the molecule is CC(=O)OC/C(=N/O)c1ccccc1. The van der Waals surface area contributed by atoms with E-state index in [1.54, 1.807) is 12.1 Å². The molecule has 0 aliphatic carbocycles. The molecule has 0 fully saturated rings. The van der Waals surface area contributed by atoms with Crippen LogP contribution in [0.3, 0.4) is 0 Å². The third-order valence-corrected chi connectivity index (χ3v) is 1.64. The zero-order valence-corrected chi connectivity index (χ0v) is 7.80.